The van der Waals surface area contributed by atoms with Gasteiger partial charge in [0.05, 0.1) is 0 Å². The highest BCUT2D eigenvalue weighted by atomic mass is 35.5. The van der Waals surface area contributed by atoms with Crippen LogP contribution in [0.15, 0.2) is 29.2 Å². The van der Waals surface area contributed by atoms with Crippen molar-refractivity contribution in [1.29, 1.82) is 0 Å². The van der Waals surface area contributed by atoms with Crippen LogP contribution in [0.3, 0.4) is 0 Å². The Morgan fingerprint density at radius 3 is 2.31 bits per heavy atom. The average Bonchev–Trinajstić information content (AvgIpc) is 2.19. The summed E-state index contributed by atoms with van der Waals surface area (Å²) in [5.74, 6) is -0.169. The first-order valence-electron chi connectivity index (χ1n) is 4.46. The van der Waals surface area contributed by atoms with Crippen molar-refractivity contribution in [3.63, 3.8) is 0 Å². The number of thioether (sulfide) groups is 1. The molecule has 0 radical (unpaired) electrons. The van der Waals surface area contributed by atoms with Gasteiger partial charge in [-0.2, -0.15) is 0 Å². The Kier molecular flexibility index (Phi) is 5.76. The van der Waals surface area contributed by atoms with Gasteiger partial charge in [-0.1, -0.05) is 23.4 Å². The molecule has 0 aliphatic heterocycles. The molecule has 1 aromatic carbocycles. The Bertz CT molecular complexity index is 356. The summed E-state index contributed by atoms with van der Waals surface area (Å²) in [6.45, 7) is 1.42. The molecule has 0 aromatic heterocycles. The van der Waals surface area contributed by atoms with E-state index >= 15 is 0 Å². The van der Waals surface area contributed by atoms with Crippen LogP contribution in [0.1, 0.15) is 6.92 Å². The minimum absolute atomic E-state index is 0.169. The van der Waals surface area contributed by atoms with Crippen LogP contribution in [0, 0.1) is 0 Å². The van der Waals surface area contributed by atoms with Gasteiger partial charge in [-0.3, -0.25) is 4.79 Å². The van der Waals surface area contributed by atoms with E-state index in [1.807, 2.05) is 12.1 Å². The van der Waals surface area contributed by atoms with Gasteiger partial charge in [-0.15, -0.1) is 23.2 Å². The van der Waals surface area contributed by atoms with E-state index in [0.29, 0.717) is 5.02 Å². The summed E-state index contributed by atoms with van der Waals surface area (Å²) in [6.07, 6.45) is 0. The second-order valence-corrected chi connectivity index (χ2v) is 5.84. The highest BCUT2D eigenvalue weighted by molar-refractivity contribution is 8.00. The highest BCUT2D eigenvalue weighted by Crippen LogP contribution is 2.28. The second-order valence-electron chi connectivity index (χ2n) is 3.03. The summed E-state index contributed by atoms with van der Waals surface area (Å²) in [5, 5.41) is 2.96. The van der Waals surface area contributed by atoms with Crippen LogP contribution in [0.5, 0.6) is 0 Å². The van der Waals surface area contributed by atoms with Crippen molar-refractivity contribution >= 4 is 52.5 Å². The Hall–Kier alpha value is -0.0900. The largest absolute Gasteiger partial charge is 0.342 e. The van der Waals surface area contributed by atoms with Gasteiger partial charge in [-0.05, 0) is 24.3 Å². The van der Waals surface area contributed by atoms with Gasteiger partial charge in [0.15, 0.2) is 0 Å². The molecule has 1 aromatic rings. The summed E-state index contributed by atoms with van der Waals surface area (Å²) in [5.41, 5.74) is 0. The maximum Gasteiger partial charge on any atom is 0.217 e. The number of nitrogens with one attached hydrogen (secondary N) is 1. The van der Waals surface area contributed by atoms with Gasteiger partial charge < -0.3 is 5.32 Å². The first-order valence-corrected chi connectivity index (χ1v) is 6.59. The molecule has 0 aliphatic rings. The maximum atomic E-state index is 10.9. The molecule has 6 heteroatoms. The molecule has 1 atom stereocenters. The van der Waals surface area contributed by atoms with Crippen LogP contribution < -0.4 is 5.32 Å². The number of alkyl halides is 2. The standard InChI is InChI=1S/C10H10Cl3NOS/c1-6(15)14-10(9(12)13)16-8-4-2-7(11)3-5-8/h2-5,9-10H,1H3,(H,14,15)/t10-/m1/s1. The van der Waals surface area contributed by atoms with Crippen molar-refractivity contribution in [2.75, 3.05) is 0 Å². The Balaban J connectivity index is 2.67. The third-order valence-corrected chi connectivity index (χ3v) is 3.89. The number of rotatable bonds is 4. The molecule has 0 aliphatic carbocycles. The van der Waals surface area contributed by atoms with Crippen LogP contribution in [-0.2, 0) is 4.79 Å². The zero-order chi connectivity index (χ0) is 12.1. The predicted octanol–water partition coefficient (Wildman–Crippen LogP) is 3.70. The molecule has 2 nitrogen and oxygen atoms in total. The minimum Gasteiger partial charge on any atom is -0.342 e. The molecule has 1 amide bonds. The van der Waals surface area contributed by atoms with Crippen LogP contribution >= 0.6 is 46.6 Å². The number of hydrogen-bond donors (Lipinski definition) is 1. The second kappa shape index (κ2) is 6.60. The molecular weight excluding hydrogens is 289 g/mol. The number of hydrogen-bond acceptors (Lipinski definition) is 2. The lowest BCUT2D eigenvalue weighted by atomic mass is 10.4. The highest BCUT2D eigenvalue weighted by Gasteiger charge is 2.19. The molecule has 16 heavy (non-hydrogen) atoms. The molecule has 0 unspecified atom stereocenters. The molecule has 0 heterocycles. The molecule has 88 valence electrons. The van der Waals surface area contributed by atoms with Crippen molar-refractivity contribution in [3.8, 4) is 0 Å². The number of halogens is 3. The smallest absolute Gasteiger partial charge is 0.217 e. The summed E-state index contributed by atoms with van der Waals surface area (Å²) < 4.78 is 0. The molecule has 1 rings (SSSR count). The number of carbonyl (C=O) groups excluding carboxylic acids is 1. The normalized spacial score (nSPS) is 12.6. The van der Waals surface area contributed by atoms with Gasteiger partial charge in [-0.25, -0.2) is 0 Å². The van der Waals surface area contributed by atoms with E-state index in [4.69, 9.17) is 34.8 Å². The van der Waals surface area contributed by atoms with Crippen LogP contribution in [0.4, 0.5) is 0 Å². The number of amides is 1. The topological polar surface area (TPSA) is 29.1 Å². The average molecular weight is 299 g/mol. The summed E-state index contributed by atoms with van der Waals surface area (Å²) >= 11 is 18.7. The molecular formula is C10H10Cl3NOS. The van der Waals surface area contributed by atoms with Crippen LogP contribution in [0.25, 0.3) is 0 Å². The fraction of sp³-hybridized carbons (Fsp3) is 0.300. The zero-order valence-corrected chi connectivity index (χ0v) is 11.5. The van der Waals surface area contributed by atoms with E-state index in [9.17, 15) is 4.79 Å². The van der Waals surface area contributed by atoms with Crippen molar-refractivity contribution < 1.29 is 4.79 Å². The lowest BCUT2D eigenvalue weighted by Gasteiger charge is -2.18. The van der Waals surface area contributed by atoms with Gasteiger partial charge in [0.1, 0.15) is 10.2 Å². The molecule has 0 spiro atoms. The van der Waals surface area contributed by atoms with Crippen molar-refractivity contribution in [3.05, 3.63) is 29.3 Å². The lowest BCUT2D eigenvalue weighted by molar-refractivity contribution is -0.119. The third-order valence-electron chi connectivity index (χ3n) is 1.65. The van der Waals surface area contributed by atoms with E-state index < -0.39 is 4.84 Å². The van der Waals surface area contributed by atoms with E-state index in [-0.39, 0.29) is 11.3 Å². The summed E-state index contributed by atoms with van der Waals surface area (Å²) in [7, 11) is 0. The van der Waals surface area contributed by atoms with Crippen LogP contribution in [-0.4, -0.2) is 16.1 Å². The Labute approximate surface area is 114 Å². The zero-order valence-electron chi connectivity index (χ0n) is 8.41. The quantitative estimate of drug-likeness (QED) is 0.522. The summed E-state index contributed by atoms with van der Waals surface area (Å²) in [4.78, 5) is 11.2. The molecule has 0 fully saturated rings. The Morgan fingerprint density at radius 2 is 1.88 bits per heavy atom. The minimum atomic E-state index is -0.676. The molecule has 0 saturated heterocycles. The molecule has 0 bridgehead atoms. The SMILES string of the molecule is CC(=O)N[C@H](Sc1ccc(Cl)cc1)C(Cl)Cl. The van der Waals surface area contributed by atoms with Gasteiger partial charge >= 0.3 is 0 Å². The van der Waals surface area contributed by atoms with E-state index in [2.05, 4.69) is 5.32 Å². The molecule has 0 saturated carbocycles. The van der Waals surface area contributed by atoms with Crippen molar-refractivity contribution in [1.82, 2.24) is 5.32 Å². The number of carbonyl (C=O) groups is 1. The molecule has 1 N–H and O–H groups in total. The van der Waals surface area contributed by atoms with Gasteiger partial charge in [0, 0.05) is 16.8 Å². The monoisotopic (exact) mass is 297 g/mol. The number of benzene rings is 1. The third kappa shape index (κ3) is 4.83. The Morgan fingerprint density at radius 1 is 1.31 bits per heavy atom. The van der Waals surface area contributed by atoms with E-state index in [0.717, 1.165) is 4.90 Å². The van der Waals surface area contributed by atoms with E-state index in [1.54, 1.807) is 12.1 Å². The van der Waals surface area contributed by atoms with Crippen LogP contribution in [0.2, 0.25) is 5.02 Å². The van der Waals surface area contributed by atoms with Crippen molar-refractivity contribution in [2.45, 2.75) is 22.0 Å². The van der Waals surface area contributed by atoms with E-state index in [1.165, 1.54) is 18.7 Å². The predicted molar refractivity (Wildman–Crippen MR) is 70.4 cm³/mol. The first-order chi connectivity index (χ1) is 7.49. The lowest BCUT2D eigenvalue weighted by Crippen LogP contribution is -2.35. The van der Waals surface area contributed by atoms with Crippen molar-refractivity contribution in [2.24, 2.45) is 0 Å². The fourth-order valence-electron chi connectivity index (χ4n) is 1.00. The first kappa shape index (κ1) is 14.0. The maximum absolute atomic E-state index is 10.9. The fourth-order valence-corrected chi connectivity index (χ4v) is 2.48. The van der Waals surface area contributed by atoms with Gasteiger partial charge in [0.25, 0.3) is 0 Å². The summed E-state index contributed by atoms with van der Waals surface area (Å²) in [6, 6.07) is 7.23. The van der Waals surface area contributed by atoms with Gasteiger partial charge in [0.2, 0.25) is 5.91 Å².